The first-order valence-electron chi connectivity index (χ1n) is 8.00. The molecule has 1 fully saturated rings. The lowest BCUT2D eigenvalue weighted by Gasteiger charge is -2.17. The van der Waals surface area contributed by atoms with Gasteiger partial charge >= 0.3 is 0 Å². The Balaban J connectivity index is 1.93. The van der Waals surface area contributed by atoms with Crippen molar-refractivity contribution in [2.24, 2.45) is 0 Å². The number of allylic oxidation sites excluding steroid dienone is 2. The minimum Gasteiger partial charge on any atom is -0.399 e. The highest BCUT2D eigenvalue weighted by molar-refractivity contribution is 9.10. The summed E-state index contributed by atoms with van der Waals surface area (Å²) in [4.78, 5) is 12.9. The fourth-order valence-electron chi connectivity index (χ4n) is 2.87. The van der Waals surface area contributed by atoms with Crippen LogP contribution in [0.1, 0.15) is 30.4 Å². The zero-order valence-corrected chi connectivity index (χ0v) is 16.7. The zero-order valence-electron chi connectivity index (χ0n) is 13.6. The highest BCUT2D eigenvalue weighted by atomic mass is 79.9. The minimum atomic E-state index is 0.110. The van der Waals surface area contributed by atoms with Crippen LogP contribution in [0.3, 0.4) is 0 Å². The molecule has 1 saturated carbocycles. The minimum absolute atomic E-state index is 0.110. The summed E-state index contributed by atoms with van der Waals surface area (Å²) in [7, 11) is 0. The molecule has 0 saturated heterocycles. The van der Waals surface area contributed by atoms with E-state index in [4.69, 9.17) is 11.5 Å². The molecule has 0 amide bonds. The zero-order chi connectivity index (χ0) is 18.0. The first-order valence-corrected chi connectivity index (χ1v) is 9.58. The Kier molecular flexibility index (Phi) is 5.45. The number of rotatable bonds is 2. The Morgan fingerprint density at radius 3 is 1.64 bits per heavy atom. The SMILES string of the molecule is Nc1ccc(C=C2CCCC(=Cc3ccc(N)cc3Br)C2=O)c(Br)c1. The molecule has 128 valence electrons. The lowest BCUT2D eigenvalue weighted by atomic mass is 9.87. The van der Waals surface area contributed by atoms with E-state index in [-0.39, 0.29) is 5.78 Å². The summed E-state index contributed by atoms with van der Waals surface area (Å²) in [5.74, 6) is 0.110. The number of hydrogen-bond acceptors (Lipinski definition) is 3. The summed E-state index contributed by atoms with van der Waals surface area (Å²) in [6, 6.07) is 11.2. The van der Waals surface area contributed by atoms with E-state index in [1.54, 1.807) is 0 Å². The molecule has 2 aromatic rings. The van der Waals surface area contributed by atoms with E-state index in [9.17, 15) is 4.79 Å². The van der Waals surface area contributed by atoms with Crippen LogP contribution in [-0.2, 0) is 4.79 Å². The fourth-order valence-corrected chi connectivity index (χ4v) is 3.90. The highest BCUT2D eigenvalue weighted by Crippen LogP contribution is 2.31. The Morgan fingerprint density at radius 1 is 0.800 bits per heavy atom. The molecule has 4 N–H and O–H groups in total. The number of anilines is 2. The van der Waals surface area contributed by atoms with Crippen molar-refractivity contribution in [2.75, 3.05) is 11.5 Å². The molecule has 0 aliphatic heterocycles. The maximum Gasteiger partial charge on any atom is 0.185 e. The third kappa shape index (κ3) is 4.22. The molecular formula is C20H18Br2N2O. The maximum absolute atomic E-state index is 12.9. The molecule has 0 heterocycles. The molecule has 0 radical (unpaired) electrons. The van der Waals surface area contributed by atoms with E-state index in [0.29, 0.717) is 11.4 Å². The topological polar surface area (TPSA) is 69.1 Å². The van der Waals surface area contributed by atoms with Gasteiger partial charge in [0.15, 0.2) is 5.78 Å². The third-order valence-electron chi connectivity index (χ3n) is 4.18. The van der Waals surface area contributed by atoms with E-state index in [1.165, 1.54) is 0 Å². The normalized spacial score (nSPS) is 18.1. The number of nitrogen functional groups attached to an aromatic ring is 2. The number of benzene rings is 2. The molecule has 3 nitrogen and oxygen atoms in total. The van der Waals surface area contributed by atoms with Crippen LogP contribution in [0.4, 0.5) is 11.4 Å². The maximum atomic E-state index is 12.9. The number of hydrogen-bond donors (Lipinski definition) is 2. The standard InChI is InChI=1S/C20H18Br2N2O/c21-18-10-16(23)6-4-12(18)8-14-2-1-3-15(20(14)25)9-13-5-7-17(24)11-19(13)22/h4-11H,1-3,23-24H2. The average molecular weight is 462 g/mol. The van der Waals surface area contributed by atoms with Gasteiger partial charge in [0.1, 0.15) is 0 Å². The molecular weight excluding hydrogens is 444 g/mol. The van der Waals surface area contributed by atoms with Crippen LogP contribution in [0.25, 0.3) is 12.2 Å². The Hall–Kier alpha value is -1.85. The summed E-state index contributed by atoms with van der Waals surface area (Å²) in [5, 5.41) is 0. The molecule has 1 aliphatic carbocycles. The van der Waals surface area contributed by atoms with Gasteiger partial charge in [-0.25, -0.2) is 0 Å². The van der Waals surface area contributed by atoms with Crippen LogP contribution in [0.15, 0.2) is 56.5 Å². The molecule has 5 heteroatoms. The number of ketones is 1. The molecule has 0 spiro atoms. The van der Waals surface area contributed by atoms with Crippen LogP contribution in [0, 0.1) is 0 Å². The first kappa shape index (κ1) is 18.0. The van der Waals surface area contributed by atoms with Crippen molar-refractivity contribution in [1.82, 2.24) is 0 Å². The lowest BCUT2D eigenvalue weighted by molar-refractivity contribution is -0.112. The van der Waals surface area contributed by atoms with Crippen LogP contribution in [-0.4, -0.2) is 5.78 Å². The van der Waals surface area contributed by atoms with E-state index >= 15 is 0 Å². The van der Waals surface area contributed by atoms with Gasteiger partial charge in [-0.2, -0.15) is 0 Å². The van der Waals surface area contributed by atoms with E-state index in [2.05, 4.69) is 31.9 Å². The largest absolute Gasteiger partial charge is 0.399 e. The monoisotopic (exact) mass is 460 g/mol. The lowest BCUT2D eigenvalue weighted by Crippen LogP contribution is -2.12. The first-order chi connectivity index (χ1) is 11.9. The molecule has 0 bridgehead atoms. The average Bonchev–Trinajstić information content (AvgIpc) is 2.56. The predicted octanol–water partition coefficient (Wildman–Crippen LogP) is 5.60. The molecule has 0 unspecified atom stereocenters. The van der Waals surface area contributed by atoms with Gasteiger partial charge in [0.2, 0.25) is 0 Å². The van der Waals surface area contributed by atoms with E-state index < -0.39 is 0 Å². The number of carbonyl (C=O) groups is 1. The van der Waals surface area contributed by atoms with Crippen molar-refractivity contribution >= 4 is 61.2 Å². The van der Waals surface area contributed by atoms with Crippen molar-refractivity contribution in [3.63, 3.8) is 0 Å². The second kappa shape index (κ2) is 7.58. The highest BCUT2D eigenvalue weighted by Gasteiger charge is 2.21. The van der Waals surface area contributed by atoms with E-state index in [1.807, 2.05) is 48.6 Å². The van der Waals surface area contributed by atoms with E-state index in [0.717, 1.165) is 50.5 Å². The second-order valence-corrected chi connectivity index (χ2v) is 7.79. The molecule has 25 heavy (non-hydrogen) atoms. The molecule has 2 aromatic carbocycles. The van der Waals surface area contributed by atoms with Crippen molar-refractivity contribution in [3.05, 3.63) is 67.6 Å². The van der Waals surface area contributed by atoms with Gasteiger partial charge in [-0.15, -0.1) is 0 Å². The molecule has 0 atom stereocenters. The van der Waals surface area contributed by atoms with Crippen molar-refractivity contribution in [2.45, 2.75) is 19.3 Å². The van der Waals surface area contributed by atoms with Gasteiger partial charge in [-0.05, 0) is 66.8 Å². The van der Waals surface area contributed by atoms with Gasteiger partial charge in [-0.1, -0.05) is 44.0 Å². The van der Waals surface area contributed by atoms with Gasteiger partial charge in [0, 0.05) is 31.5 Å². The summed E-state index contributed by atoms with van der Waals surface area (Å²) < 4.78 is 1.79. The molecule has 1 aliphatic rings. The summed E-state index contributed by atoms with van der Waals surface area (Å²) in [6.45, 7) is 0. The number of nitrogens with two attached hydrogens (primary N) is 2. The van der Waals surface area contributed by atoms with Crippen LogP contribution in [0.2, 0.25) is 0 Å². The van der Waals surface area contributed by atoms with Gasteiger partial charge < -0.3 is 11.5 Å². The van der Waals surface area contributed by atoms with Crippen molar-refractivity contribution < 1.29 is 4.79 Å². The van der Waals surface area contributed by atoms with Gasteiger partial charge in [-0.3, -0.25) is 4.79 Å². The number of halogens is 2. The van der Waals surface area contributed by atoms with Crippen molar-refractivity contribution in [3.8, 4) is 0 Å². The van der Waals surface area contributed by atoms with Crippen LogP contribution < -0.4 is 11.5 Å². The second-order valence-electron chi connectivity index (χ2n) is 6.08. The van der Waals surface area contributed by atoms with Crippen molar-refractivity contribution in [1.29, 1.82) is 0 Å². The third-order valence-corrected chi connectivity index (χ3v) is 5.56. The summed E-state index contributed by atoms with van der Waals surface area (Å²) in [5.41, 5.74) is 16.5. The fraction of sp³-hybridized carbons (Fsp3) is 0.150. The number of Topliss-reactive ketones (excluding diaryl/α,β-unsaturated/α-hetero) is 1. The summed E-state index contributed by atoms with van der Waals surface area (Å²) >= 11 is 7.02. The van der Waals surface area contributed by atoms with Gasteiger partial charge in [0.05, 0.1) is 0 Å². The van der Waals surface area contributed by atoms with Crippen LogP contribution >= 0.6 is 31.9 Å². The van der Waals surface area contributed by atoms with Gasteiger partial charge in [0.25, 0.3) is 0 Å². The predicted molar refractivity (Wildman–Crippen MR) is 112 cm³/mol. The van der Waals surface area contributed by atoms with Crippen LogP contribution in [0.5, 0.6) is 0 Å². The Bertz CT molecular complexity index is 829. The smallest absolute Gasteiger partial charge is 0.185 e. The number of carbonyl (C=O) groups excluding carboxylic acids is 1. The molecule has 0 aromatic heterocycles. The summed E-state index contributed by atoms with van der Waals surface area (Å²) in [6.07, 6.45) is 6.45. The Labute approximate surface area is 164 Å². The Morgan fingerprint density at radius 2 is 1.24 bits per heavy atom. The quantitative estimate of drug-likeness (QED) is 0.452. The molecule has 3 rings (SSSR count).